The lowest BCUT2D eigenvalue weighted by Crippen LogP contribution is -2.35. The van der Waals surface area contributed by atoms with Crippen LogP contribution in [-0.4, -0.2) is 42.3 Å². The molecule has 9 heteroatoms. The summed E-state index contributed by atoms with van der Waals surface area (Å²) in [4.78, 5) is 41.3. The van der Waals surface area contributed by atoms with E-state index >= 15 is 0 Å². The minimum atomic E-state index is -0.651. The summed E-state index contributed by atoms with van der Waals surface area (Å²) in [5, 5.41) is 7.93. The van der Waals surface area contributed by atoms with E-state index in [-0.39, 0.29) is 18.2 Å². The number of alkyl carbamates (subject to hydrolysis) is 1. The average Bonchev–Trinajstić information content (AvgIpc) is 2.81. The third-order valence-electron chi connectivity index (χ3n) is 4.60. The van der Waals surface area contributed by atoms with Crippen LogP contribution in [0.3, 0.4) is 0 Å². The summed E-state index contributed by atoms with van der Waals surface area (Å²) in [5.41, 5.74) is 1.49. The third kappa shape index (κ3) is 8.29. The lowest BCUT2D eigenvalue weighted by Gasteiger charge is -2.23. The molecule has 0 aliphatic rings. The topological polar surface area (TPSA) is 119 Å². The smallest absolute Gasteiger partial charge is 0.412 e. The number of benzene rings is 1. The Labute approximate surface area is 205 Å². The van der Waals surface area contributed by atoms with Crippen molar-refractivity contribution in [3.63, 3.8) is 0 Å². The molecule has 1 heterocycles. The highest BCUT2D eigenvalue weighted by molar-refractivity contribution is 6.01. The molecule has 0 fully saturated rings. The van der Waals surface area contributed by atoms with E-state index in [2.05, 4.69) is 34.1 Å². The van der Waals surface area contributed by atoms with Crippen LogP contribution in [0.15, 0.2) is 61.8 Å². The summed E-state index contributed by atoms with van der Waals surface area (Å²) in [6, 6.07) is 7.81. The van der Waals surface area contributed by atoms with Gasteiger partial charge in [-0.3, -0.25) is 9.78 Å². The van der Waals surface area contributed by atoms with Gasteiger partial charge in [0, 0.05) is 19.8 Å². The Bertz CT molecular complexity index is 1090. The Balaban J connectivity index is 2.46. The molecule has 2 aromatic rings. The number of pyridine rings is 1. The molecule has 2 rings (SSSR count). The fourth-order valence-electron chi connectivity index (χ4n) is 3.12. The second-order valence-electron chi connectivity index (χ2n) is 8.54. The zero-order chi connectivity index (χ0) is 26.0. The van der Waals surface area contributed by atoms with Crippen molar-refractivity contribution in [3.05, 3.63) is 73.1 Å². The zero-order valence-electron chi connectivity index (χ0n) is 20.5. The van der Waals surface area contributed by atoms with Crippen LogP contribution in [0.5, 0.6) is 5.75 Å². The minimum absolute atomic E-state index is 0.210. The lowest BCUT2D eigenvalue weighted by molar-refractivity contribution is 0.0502. The van der Waals surface area contributed by atoms with Crippen molar-refractivity contribution in [2.45, 2.75) is 38.8 Å². The van der Waals surface area contributed by atoms with Crippen LogP contribution in [0.25, 0.3) is 11.1 Å². The number of carbonyl (C=O) groups is 3. The molecule has 0 spiro atoms. The van der Waals surface area contributed by atoms with Crippen molar-refractivity contribution in [1.29, 1.82) is 0 Å². The third-order valence-corrected chi connectivity index (χ3v) is 4.60. The molecular weight excluding hydrogens is 448 g/mol. The van der Waals surface area contributed by atoms with Crippen molar-refractivity contribution < 1.29 is 23.9 Å². The highest BCUT2D eigenvalue weighted by Gasteiger charge is 2.22. The molecule has 1 aromatic carbocycles. The van der Waals surface area contributed by atoms with Crippen molar-refractivity contribution in [2.24, 2.45) is 0 Å². The van der Waals surface area contributed by atoms with E-state index in [0.29, 0.717) is 28.8 Å². The van der Waals surface area contributed by atoms with Crippen LogP contribution >= 0.6 is 0 Å². The fourth-order valence-corrected chi connectivity index (χ4v) is 3.12. The van der Waals surface area contributed by atoms with Crippen LogP contribution in [0, 0.1) is 0 Å². The molecular formula is C26H32N4O5. The van der Waals surface area contributed by atoms with Crippen LogP contribution in [0.1, 0.15) is 49.3 Å². The van der Waals surface area contributed by atoms with E-state index < -0.39 is 23.8 Å². The largest absolute Gasteiger partial charge is 0.444 e. The zero-order valence-corrected chi connectivity index (χ0v) is 20.5. The Morgan fingerprint density at radius 2 is 1.83 bits per heavy atom. The molecule has 0 saturated carbocycles. The van der Waals surface area contributed by atoms with Gasteiger partial charge in [0.1, 0.15) is 11.4 Å². The van der Waals surface area contributed by atoms with Crippen LogP contribution in [0.4, 0.5) is 9.59 Å². The number of hydrogen-bond acceptors (Lipinski definition) is 6. The first-order chi connectivity index (χ1) is 16.6. The monoisotopic (exact) mass is 480 g/mol. The van der Waals surface area contributed by atoms with Gasteiger partial charge < -0.3 is 25.4 Å². The maximum atomic E-state index is 12.9. The Kier molecular flexibility index (Phi) is 9.57. The molecule has 0 bridgehead atoms. The Hall–Kier alpha value is -4.14. The summed E-state index contributed by atoms with van der Waals surface area (Å²) >= 11 is 0. The molecule has 1 atom stereocenters. The minimum Gasteiger partial charge on any atom is -0.444 e. The lowest BCUT2D eigenvalue weighted by atomic mass is 9.97. The van der Waals surface area contributed by atoms with Crippen molar-refractivity contribution in [2.75, 3.05) is 13.6 Å². The number of carbonyl (C=O) groups excluding carboxylic acids is 3. The maximum Gasteiger partial charge on any atom is 0.412 e. The van der Waals surface area contributed by atoms with Gasteiger partial charge >= 0.3 is 12.2 Å². The SMILES string of the molecule is C=CCNC(=O)c1cc(OC(=O)NC)ccc1-c1ccnc([C@H](CC=C)NC(=O)OC(C)(C)C)c1. The van der Waals surface area contributed by atoms with Gasteiger partial charge in [-0.1, -0.05) is 12.2 Å². The van der Waals surface area contributed by atoms with E-state index in [0.717, 1.165) is 0 Å². The summed E-state index contributed by atoms with van der Waals surface area (Å²) < 4.78 is 10.6. The van der Waals surface area contributed by atoms with Gasteiger partial charge in [0.15, 0.2) is 0 Å². The molecule has 0 aliphatic heterocycles. The van der Waals surface area contributed by atoms with Crippen molar-refractivity contribution in [1.82, 2.24) is 20.9 Å². The number of nitrogens with one attached hydrogen (secondary N) is 3. The number of nitrogens with zero attached hydrogens (tertiary/aromatic N) is 1. The molecule has 0 saturated heterocycles. The molecule has 35 heavy (non-hydrogen) atoms. The quantitative estimate of drug-likeness (QED) is 0.454. The number of hydrogen-bond donors (Lipinski definition) is 3. The van der Waals surface area contributed by atoms with E-state index in [1.54, 1.807) is 63.4 Å². The summed E-state index contributed by atoms with van der Waals surface area (Å²) in [6.07, 6.45) is 4.03. The first kappa shape index (κ1) is 27.1. The van der Waals surface area contributed by atoms with Gasteiger partial charge in [0.2, 0.25) is 0 Å². The van der Waals surface area contributed by atoms with Crippen LogP contribution in [0.2, 0.25) is 0 Å². The van der Waals surface area contributed by atoms with E-state index in [1.807, 2.05) is 0 Å². The molecule has 1 aromatic heterocycles. The molecule has 3 N–H and O–H groups in total. The molecule has 0 radical (unpaired) electrons. The highest BCUT2D eigenvalue weighted by Crippen LogP contribution is 2.30. The normalized spacial score (nSPS) is 11.5. The van der Waals surface area contributed by atoms with E-state index in [4.69, 9.17) is 9.47 Å². The van der Waals surface area contributed by atoms with E-state index in [9.17, 15) is 14.4 Å². The number of amides is 3. The number of rotatable bonds is 9. The predicted molar refractivity (Wildman–Crippen MR) is 134 cm³/mol. The molecule has 9 nitrogen and oxygen atoms in total. The Morgan fingerprint density at radius 1 is 1.09 bits per heavy atom. The molecule has 0 aliphatic carbocycles. The van der Waals surface area contributed by atoms with Gasteiger partial charge in [-0.15, -0.1) is 13.2 Å². The van der Waals surface area contributed by atoms with Gasteiger partial charge in [0.25, 0.3) is 5.91 Å². The summed E-state index contributed by atoms with van der Waals surface area (Å²) in [5.74, 6) is -0.155. The molecule has 3 amide bonds. The maximum absolute atomic E-state index is 12.9. The van der Waals surface area contributed by atoms with Crippen LogP contribution < -0.4 is 20.7 Å². The second-order valence-corrected chi connectivity index (χ2v) is 8.54. The van der Waals surface area contributed by atoms with E-state index in [1.165, 1.54) is 13.1 Å². The first-order valence-electron chi connectivity index (χ1n) is 11.1. The Morgan fingerprint density at radius 3 is 2.46 bits per heavy atom. The summed E-state index contributed by atoms with van der Waals surface area (Å²) in [6.45, 7) is 13.0. The standard InChI is InChI=1S/C26H32N4O5/c1-7-9-21(30-25(33)35-26(3,4)5)22-15-17(12-14-28-22)19-11-10-18(34-24(32)27-6)16-20(19)23(31)29-13-8-2/h7-8,10-12,14-16,21H,1-2,9,13H2,3-6H3,(H,27,32)(H,29,31)(H,30,33)/t21-/m0/s1. The second kappa shape index (κ2) is 12.4. The van der Waals surface area contributed by atoms with Crippen molar-refractivity contribution >= 4 is 18.1 Å². The van der Waals surface area contributed by atoms with Crippen LogP contribution in [-0.2, 0) is 4.74 Å². The highest BCUT2D eigenvalue weighted by atomic mass is 16.6. The van der Waals surface area contributed by atoms with Gasteiger partial charge in [0.05, 0.1) is 17.3 Å². The fraction of sp³-hybridized carbons (Fsp3) is 0.308. The predicted octanol–water partition coefficient (Wildman–Crippen LogP) is 4.52. The number of aromatic nitrogens is 1. The van der Waals surface area contributed by atoms with Gasteiger partial charge in [-0.2, -0.15) is 0 Å². The first-order valence-corrected chi connectivity index (χ1v) is 11.1. The number of ether oxygens (including phenoxy) is 2. The molecule has 186 valence electrons. The van der Waals surface area contributed by atoms with Gasteiger partial charge in [-0.05, 0) is 68.7 Å². The average molecular weight is 481 g/mol. The molecule has 0 unspecified atom stereocenters. The van der Waals surface area contributed by atoms with Gasteiger partial charge in [-0.25, -0.2) is 9.59 Å². The van der Waals surface area contributed by atoms with Crippen molar-refractivity contribution in [3.8, 4) is 16.9 Å². The summed E-state index contributed by atoms with van der Waals surface area (Å²) in [7, 11) is 1.44.